The molecular weight excluding hydrogens is 164 g/mol. The zero-order valence-corrected chi connectivity index (χ0v) is 8.62. The summed E-state index contributed by atoms with van der Waals surface area (Å²) < 4.78 is 5.41. The lowest BCUT2D eigenvalue weighted by atomic mass is 9.91. The van der Waals surface area contributed by atoms with Gasteiger partial charge >= 0.3 is 0 Å². The first kappa shape index (κ1) is 10.7. The maximum Gasteiger partial charge on any atom is 0.0630 e. The number of hydrogen-bond donors (Lipinski definition) is 1. The monoisotopic (exact) mass is 184 g/mol. The van der Waals surface area contributed by atoms with Crippen molar-refractivity contribution in [1.29, 1.82) is 0 Å². The molecule has 0 saturated carbocycles. The first-order chi connectivity index (χ1) is 6.15. The minimum Gasteiger partial charge on any atom is -0.392 e. The summed E-state index contributed by atoms with van der Waals surface area (Å²) in [5, 5.41) is 9.88. The van der Waals surface area contributed by atoms with E-state index in [2.05, 4.69) is 13.5 Å². The predicted molar refractivity (Wildman–Crippen MR) is 53.6 cm³/mol. The first-order valence-corrected chi connectivity index (χ1v) is 5.11. The van der Waals surface area contributed by atoms with E-state index in [1.165, 1.54) is 0 Å². The molecule has 1 aliphatic rings. The van der Waals surface area contributed by atoms with E-state index in [1.54, 1.807) is 0 Å². The van der Waals surface area contributed by atoms with Gasteiger partial charge in [0.2, 0.25) is 0 Å². The van der Waals surface area contributed by atoms with Crippen LogP contribution in [0.1, 0.15) is 33.1 Å². The van der Waals surface area contributed by atoms with Crippen molar-refractivity contribution < 1.29 is 9.84 Å². The second-order valence-electron chi connectivity index (χ2n) is 3.90. The molecule has 13 heavy (non-hydrogen) atoms. The lowest BCUT2D eigenvalue weighted by molar-refractivity contribution is 0.0438. The third-order valence-electron chi connectivity index (χ3n) is 2.93. The topological polar surface area (TPSA) is 29.5 Å². The van der Waals surface area contributed by atoms with Crippen LogP contribution in [-0.4, -0.2) is 23.9 Å². The van der Waals surface area contributed by atoms with Gasteiger partial charge in [-0.15, -0.1) is 0 Å². The summed E-state index contributed by atoms with van der Waals surface area (Å²) in [5.41, 5.74) is 1.13. The van der Waals surface area contributed by atoms with Crippen molar-refractivity contribution in [2.24, 2.45) is 5.92 Å². The van der Waals surface area contributed by atoms with Gasteiger partial charge in [-0.1, -0.05) is 19.1 Å². The van der Waals surface area contributed by atoms with Crippen LogP contribution in [0.15, 0.2) is 12.2 Å². The fraction of sp³-hybridized carbons (Fsp3) is 0.818. The molecule has 0 aromatic carbocycles. The van der Waals surface area contributed by atoms with Crippen LogP contribution in [0, 0.1) is 5.92 Å². The number of ether oxygens (including phenoxy) is 1. The SMILES string of the molecule is C=C(CC)CC(O)C1CCOC1C. The highest BCUT2D eigenvalue weighted by molar-refractivity contribution is 4.97. The van der Waals surface area contributed by atoms with Crippen molar-refractivity contribution in [2.45, 2.75) is 45.3 Å². The molecule has 2 nitrogen and oxygen atoms in total. The Bertz CT molecular complexity index is 177. The summed E-state index contributed by atoms with van der Waals surface area (Å²) in [4.78, 5) is 0. The van der Waals surface area contributed by atoms with E-state index in [0.29, 0.717) is 5.92 Å². The number of aliphatic hydroxyl groups is 1. The zero-order valence-electron chi connectivity index (χ0n) is 8.62. The average molecular weight is 184 g/mol. The molecule has 1 saturated heterocycles. The molecule has 1 fully saturated rings. The highest BCUT2D eigenvalue weighted by Crippen LogP contribution is 2.27. The Balaban J connectivity index is 2.38. The van der Waals surface area contributed by atoms with Crippen molar-refractivity contribution >= 4 is 0 Å². The molecule has 2 heteroatoms. The molecule has 1 aliphatic heterocycles. The van der Waals surface area contributed by atoms with E-state index in [9.17, 15) is 5.11 Å². The van der Waals surface area contributed by atoms with E-state index in [-0.39, 0.29) is 12.2 Å². The number of rotatable bonds is 4. The minimum atomic E-state index is -0.259. The number of hydrogen-bond acceptors (Lipinski definition) is 2. The Morgan fingerprint density at radius 1 is 1.69 bits per heavy atom. The molecule has 3 atom stereocenters. The maximum absolute atomic E-state index is 9.88. The molecule has 3 unspecified atom stereocenters. The Kier molecular flexibility index (Phi) is 3.94. The summed E-state index contributed by atoms with van der Waals surface area (Å²) >= 11 is 0. The highest BCUT2D eigenvalue weighted by Gasteiger charge is 2.30. The Labute approximate surface area is 80.6 Å². The number of aliphatic hydroxyl groups excluding tert-OH is 1. The van der Waals surface area contributed by atoms with E-state index in [1.807, 2.05) is 6.92 Å². The van der Waals surface area contributed by atoms with Gasteiger partial charge < -0.3 is 9.84 Å². The standard InChI is InChI=1S/C11H20O2/c1-4-8(2)7-11(12)10-5-6-13-9(10)3/h9-12H,2,4-7H2,1,3H3. The summed E-state index contributed by atoms with van der Waals surface area (Å²) in [7, 11) is 0. The summed E-state index contributed by atoms with van der Waals surface area (Å²) in [6, 6.07) is 0. The maximum atomic E-state index is 9.88. The molecule has 0 aromatic rings. The molecule has 0 aliphatic carbocycles. The van der Waals surface area contributed by atoms with Crippen LogP contribution in [0.5, 0.6) is 0 Å². The molecule has 1 N–H and O–H groups in total. The molecule has 76 valence electrons. The van der Waals surface area contributed by atoms with Crippen LogP contribution >= 0.6 is 0 Å². The first-order valence-electron chi connectivity index (χ1n) is 5.11. The summed E-state index contributed by atoms with van der Waals surface area (Å²) in [5.74, 6) is 0.309. The fourth-order valence-corrected chi connectivity index (χ4v) is 1.85. The molecule has 0 amide bonds. The Hall–Kier alpha value is -0.340. The van der Waals surface area contributed by atoms with Gasteiger partial charge in [0.05, 0.1) is 12.2 Å². The quantitative estimate of drug-likeness (QED) is 0.678. The van der Waals surface area contributed by atoms with Crippen LogP contribution in [-0.2, 0) is 4.74 Å². The smallest absolute Gasteiger partial charge is 0.0630 e. The van der Waals surface area contributed by atoms with Crippen LogP contribution in [0.4, 0.5) is 0 Å². The van der Waals surface area contributed by atoms with Crippen LogP contribution in [0.2, 0.25) is 0 Å². The van der Waals surface area contributed by atoms with Gasteiger partial charge in [-0.05, 0) is 26.2 Å². The van der Waals surface area contributed by atoms with Crippen molar-refractivity contribution in [3.05, 3.63) is 12.2 Å². The highest BCUT2D eigenvalue weighted by atomic mass is 16.5. The molecule has 0 spiro atoms. The van der Waals surface area contributed by atoms with E-state index >= 15 is 0 Å². The Morgan fingerprint density at radius 2 is 2.38 bits per heavy atom. The van der Waals surface area contributed by atoms with Gasteiger partial charge in [-0.3, -0.25) is 0 Å². The summed E-state index contributed by atoms with van der Waals surface area (Å²) in [6.07, 6.45) is 2.62. The molecule has 1 rings (SSSR count). The van der Waals surface area contributed by atoms with Gasteiger partial charge in [0.15, 0.2) is 0 Å². The summed E-state index contributed by atoms with van der Waals surface area (Å²) in [6.45, 7) is 8.81. The predicted octanol–water partition coefficient (Wildman–Crippen LogP) is 2.13. The molecule has 0 radical (unpaired) electrons. The Morgan fingerprint density at radius 3 is 2.85 bits per heavy atom. The molecule has 0 bridgehead atoms. The average Bonchev–Trinajstić information content (AvgIpc) is 2.51. The van der Waals surface area contributed by atoms with E-state index < -0.39 is 0 Å². The minimum absolute atomic E-state index is 0.208. The fourth-order valence-electron chi connectivity index (χ4n) is 1.85. The van der Waals surface area contributed by atoms with Gasteiger partial charge in [0.25, 0.3) is 0 Å². The van der Waals surface area contributed by atoms with Crippen molar-refractivity contribution in [3.8, 4) is 0 Å². The lowest BCUT2D eigenvalue weighted by Gasteiger charge is -2.21. The van der Waals surface area contributed by atoms with Crippen LogP contribution in [0.25, 0.3) is 0 Å². The van der Waals surface area contributed by atoms with Crippen molar-refractivity contribution in [2.75, 3.05) is 6.61 Å². The second-order valence-corrected chi connectivity index (χ2v) is 3.90. The lowest BCUT2D eigenvalue weighted by Crippen LogP contribution is -2.26. The molecular formula is C11H20O2. The van der Waals surface area contributed by atoms with Crippen molar-refractivity contribution in [1.82, 2.24) is 0 Å². The van der Waals surface area contributed by atoms with Crippen molar-refractivity contribution in [3.63, 3.8) is 0 Å². The molecule has 1 heterocycles. The second kappa shape index (κ2) is 4.77. The zero-order chi connectivity index (χ0) is 9.84. The largest absolute Gasteiger partial charge is 0.392 e. The van der Waals surface area contributed by atoms with Gasteiger partial charge in [0.1, 0.15) is 0 Å². The van der Waals surface area contributed by atoms with Gasteiger partial charge in [0, 0.05) is 12.5 Å². The van der Waals surface area contributed by atoms with E-state index in [4.69, 9.17) is 4.74 Å². The normalized spacial score (nSPS) is 30.4. The van der Waals surface area contributed by atoms with E-state index in [0.717, 1.165) is 31.4 Å². The van der Waals surface area contributed by atoms with Crippen LogP contribution in [0.3, 0.4) is 0 Å². The molecule has 0 aromatic heterocycles. The van der Waals surface area contributed by atoms with Gasteiger partial charge in [-0.2, -0.15) is 0 Å². The van der Waals surface area contributed by atoms with Gasteiger partial charge in [-0.25, -0.2) is 0 Å². The third kappa shape index (κ3) is 2.82. The van der Waals surface area contributed by atoms with Crippen LogP contribution < -0.4 is 0 Å². The third-order valence-corrected chi connectivity index (χ3v) is 2.93.